The fourth-order valence-corrected chi connectivity index (χ4v) is 4.69. The van der Waals surface area contributed by atoms with E-state index >= 15 is 0 Å². The summed E-state index contributed by atoms with van der Waals surface area (Å²) in [5, 5.41) is 7.05. The monoisotopic (exact) mass is 482 g/mol. The number of carbonyl (C=O) groups is 1. The molecular formula is C34H30N2O. The van der Waals surface area contributed by atoms with Gasteiger partial charge in [-0.05, 0) is 27.8 Å². The molecule has 0 aromatic heterocycles. The summed E-state index contributed by atoms with van der Waals surface area (Å²) in [5.41, 5.74) is 5.19. The van der Waals surface area contributed by atoms with Crippen LogP contribution in [0.1, 0.15) is 45.9 Å². The Morgan fingerprint density at radius 3 is 1.05 bits per heavy atom. The van der Waals surface area contributed by atoms with Crippen molar-refractivity contribution in [3.8, 4) is 0 Å². The van der Waals surface area contributed by atoms with Crippen LogP contribution < -0.4 is 10.6 Å². The maximum atomic E-state index is 14.1. The second kappa shape index (κ2) is 12.0. The van der Waals surface area contributed by atoms with Gasteiger partial charge in [0.2, 0.25) is 5.91 Å². The number of nitrogens with one attached hydrogen (secondary N) is 2. The van der Waals surface area contributed by atoms with Crippen molar-refractivity contribution in [3.05, 3.63) is 179 Å². The van der Waals surface area contributed by atoms with Crippen LogP contribution in [0.5, 0.6) is 0 Å². The molecule has 0 unspecified atom stereocenters. The van der Waals surface area contributed by atoms with E-state index in [1.54, 1.807) is 0 Å². The van der Waals surface area contributed by atoms with Gasteiger partial charge in [-0.25, -0.2) is 0 Å². The molecule has 0 aliphatic carbocycles. The summed E-state index contributed by atoms with van der Waals surface area (Å²) in [4.78, 5) is 14.1. The molecule has 3 nitrogen and oxygen atoms in total. The summed E-state index contributed by atoms with van der Waals surface area (Å²) in [6.45, 7) is 0. The molecule has 0 fully saturated rings. The van der Waals surface area contributed by atoms with Crippen LogP contribution in [-0.4, -0.2) is 5.91 Å². The van der Waals surface area contributed by atoms with Gasteiger partial charge in [-0.3, -0.25) is 10.1 Å². The highest BCUT2D eigenvalue weighted by Crippen LogP contribution is 2.28. The molecule has 3 heteroatoms. The maximum Gasteiger partial charge on any atom is 0.242 e. The Kier molecular flexibility index (Phi) is 7.85. The van der Waals surface area contributed by atoms with Crippen LogP contribution in [0.2, 0.25) is 0 Å². The molecular weight excluding hydrogens is 452 g/mol. The fourth-order valence-electron chi connectivity index (χ4n) is 4.69. The second-order valence-corrected chi connectivity index (χ2v) is 9.03. The molecule has 37 heavy (non-hydrogen) atoms. The van der Waals surface area contributed by atoms with E-state index in [4.69, 9.17) is 0 Å². The van der Waals surface area contributed by atoms with E-state index in [0.717, 1.165) is 27.8 Å². The van der Waals surface area contributed by atoms with E-state index < -0.39 is 6.04 Å². The van der Waals surface area contributed by atoms with Crippen molar-refractivity contribution in [2.24, 2.45) is 0 Å². The Balaban J connectivity index is 1.52. The molecule has 2 N–H and O–H groups in total. The minimum Gasteiger partial charge on any atom is -0.344 e. The SMILES string of the molecule is O=C(NC(c1ccccc1)c1ccccc1)[C@@H](NC(c1ccccc1)c1ccccc1)c1ccccc1. The van der Waals surface area contributed by atoms with Crippen molar-refractivity contribution in [1.82, 2.24) is 10.6 Å². The average molecular weight is 483 g/mol. The molecule has 5 aromatic carbocycles. The Morgan fingerprint density at radius 1 is 0.405 bits per heavy atom. The number of rotatable bonds is 9. The Hall–Kier alpha value is -4.47. The van der Waals surface area contributed by atoms with Gasteiger partial charge < -0.3 is 5.32 Å². The minimum atomic E-state index is -0.568. The van der Waals surface area contributed by atoms with Crippen LogP contribution in [0.25, 0.3) is 0 Å². The van der Waals surface area contributed by atoms with Gasteiger partial charge in [-0.1, -0.05) is 152 Å². The van der Waals surface area contributed by atoms with E-state index in [1.807, 2.05) is 103 Å². The molecule has 5 rings (SSSR count). The Morgan fingerprint density at radius 2 is 0.703 bits per heavy atom. The molecule has 182 valence electrons. The third kappa shape index (κ3) is 6.03. The topological polar surface area (TPSA) is 41.1 Å². The van der Waals surface area contributed by atoms with Gasteiger partial charge in [0.15, 0.2) is 0 Å². The van der Waals surface area contributed by atoms with Crippen molar-refractivity contribution < 1.29 is 4.79 Å². The molecule has 1 atom stereocenters. The Bertz CT molecular complexity index is 1300. The first-order valence-electron chi connectivity index (χ1n) is 12.6. The lowest BCUT2D eigenvalue weighted by Gasteiger charge is -2.29. The zero-order valence-electron chi connectivity index (χ0n) is 20.6. The maximum absolute atomic E-state index is 14.1. The summed E-state index contributed by atoms with van der Waals surface area (Å²) in [7, 11) is 0. The van der Waals surface area contributed by atoms with E-state index in [1.165, 1.54) is 0 Å². The molecule has 0 bridgehead atoms. The zero-order chi connectivity index (χ0) is 25.3. The number of carbonyl (C=O) groups excluding carboxylic acids is 1. The van der Waals surface area contributed by atoms with Crippen LogP contribution in [0, 0.1) is 0 Å². The quantitative estimate of drug-likeness (QED) is 0.237. The van der Waals surface area contributed by atoms with Crippen molar-refractivity contribution in [1.29, 1.82) is 0 Å². The number of hydrogen-bond acceptors (Lipinski definition) is 2. The number of benzene rings is 5. The van der Waals surface area contributed by atoms with Crippen molar-refractivity contribution >= 4 is 5.91 Å². The van der Waals surface area contributed by atoms with Crippen molar-refractivity contribution in [2.75, 3.05) is 0 Å². The number of amides is 1. The van der Waals surface area contributed by atoms with E-state index in [-0.39, 0.29) is 18.0 Å². The van der Waals surface area contributed by atoms with Gasteiger partial charge in [0.05, 0.1) is 12.1 Å². The molecule has 1 amide bonds. The highest BCUT2D eigenvalue weighted by atomic mass is 16.2. The molecule has 0 radical (unpaired) electrons. The van der Waals surface area contributed by atoms with Gasteiger partial charge in [0.25, 0.3) is 0 Å². The van der Waals surface area contributed by atoms with Crippen LogP contribution in [0.3, 0.4) is 0 Å². The van der Waals surface area contributed by atoms with E-state index in [9.17, 15) is 4.79 Å². The highest BCUT2D eigenvalue weighted by Gasteiger charge is 2.28. The van der Waals surface area contributed by atoms with Gasteiger partial charge in [0.1, 0.15) is 6.04 Å². The molecule has 0 aliphatic rings. The summed E-state index contributed by atoms with van der Waals surface area (Å²) in [6.07, 6.45) is 0. The lowest BCUT2D eigenvalue weighted by atomic mass is 9.95. The predicted octanol–water partition coefficient (Wildman–Crippen LogP) is 7.01. The van der Waals surface area contributed by atoms with Crippen LogP contribution >= 0.6 is 0 Å². The molecule has 0 saturated carbocycles. The highest BCUT2D eigenvalue weighted by molar-refractivity contribution is 5.84. The molecule has 0 spiro atoms. The average Bonchev–Trinajstić information content (AvgIpc) is 2.98. The lowest BCUT2D eigenvalue weighted by Crippen LogP contribution is -2.41. The zero-order valence-corrected chi connectivity index (χ0v) is 20.6. The Labute approximate surface area is 218 Å². The van der Waals surface area contributed by atoms with Crippen molar-refractivity contribution in [2.45, 2.75) is 18.1 Å². The second-order valence-electron chi connectivity index (χ2n) is 9.03. The molecule has 0 aliphatic heterocycles. The summed E-state index contributed by atoms with van der Waals surface area (Å²) in [6, 6.07) is 49.7. The van der Waals surface area contributed by atoms with Gasteiger partial charge in [-0.2, -0.15) is 0 Å². The third-order valence-corrected chi connectivity index (χ3v) is 6.55. The van der Waals surface area contributed by atoms with Crippen LogP contribution in [0.15, 0.2) is 152 Å². The normalized spacial score (nSPS) is 11.8. The summed E-state index contributed by atoms with van der Waals surface area (Å²) in [5.74, 6) is -0.0826. The summed E-state index contributed by atoms with van der Waals surface area (Å²) < 4.78 is 0. The first kappa shape index (κ1) is 24.2. The first-order chi connectivity index (χ1) is 18.3. The molecule has 0 heterocycles. The minimum absolute atomic E-state index is 0.0826. The fraction of sp³-hybridized carbons (Fsp3) is 0.0882. The van der Waals surface area contributed by atoms with Crippen LogP contribution in [-0.2, 0) is 4.79 Å². The third-order valence-electron chi connectivity index (χ3n) is 6.55. The molecule has 0 saturated heterocycles. The van der Waals surface area contributed by atoms with Gasteiger partial charge in [0, 0.05) is 0 Å². The lowest BCUT2D eigenvalue weighted by molar-refractivity contribution is -0.124. The van der Waals surface area contributed by atoms with Crippen LogP contribution in [0.4, 0.5) is 0 Å². The predicted molar refractivity (Wildman–Crippen MR) is 150 cm³/mol. The molecule has 5 aromatic rings. The smallest absolute Gasteiger partial charge is 0.242 e. The van der Waals surface area contributed by atoms with E-state index in [2.05, 4.69) is 59.2 Å². The first-order valence-corrected chi connectivity index (χ1v) is 12.6. The van der Waals surface area contributed by atoms with Crippen molar-refractivity contribution in [3.63, 3.8) is 0 Å². The summed E-state index contributed by atoms with van der Waals surface area (Å²) >= 11 is 0. The van der Waals surface area contributed by atoms with E-state index in [0.29, 0.717) is 0 Å². The largest absolute Gasteiger partial charge is 0.344 e. The number of hydrogen-bond donors (Lipinski definition) is 2. The standard InChI is InChI=1S/C34H30N2O/c37-34(36-32(28-20-10-3-11-21-28)29-22-12-4-13-23-29)33(30-24-14-5-15-25-30)35-31(26-16-6-1-7-17-26)27-18-8-2-9-19-27/h1-25,31-33,35H,(H,36,37)/t33-/m0/s1. The van der Waals surface area contributed by atoms with Gasteiger partial charge >= 0.3 is 0 Å². The van der Waals surface area contributed by atoms with Gasteiger partial charge in [-0.15, -0.1) is 0 Å².